The predicted molar refractivity (Wildman–Crippen MR) is 72.3 cm³/mol. The smallest absolute Gasteiger partial charge is 0.128 e. The van der Waals surface area contributed by atoms with Gasteiger partial charge >= 0.3 is 0 Å². The van der Waals surface area contributed by atoms with Crippen LogP contribution in [0.25, 0.3) is 0 Å². The van der Waals surface area contributed by atoms with Gasteiger partial charge < -0.3 is 10.2 Å². The molecular weight excluding hydrogens is 210 g/mol. The Bertz CT molecular complexity index is 360. The number of nitrogens with zero attached hydrogens (tertiary/aromatic N) is 2. The van der Waals surface area contributed by atoms with Crippen molar-refractivity contribution in [2.45, 2.75) is 51.7 Å². The van der Waals surface area contributed by atoms with Crippen molar-refractivity contribution >= 4 is 5.82 Å². The molecule has 0 aliphatic heterocycles. The number of hydrogen-bond donors (Lipinski definition) is 1. The van der Waals surface area contributed by atoms with Gasteiger partial charge in [-0.3, -0.25) is 0 Å². The zero-order valence-corrected chi connectivity index (χ0v) is 11.1. The van der Waals surface area contributed by atoms with Gasteiger partial charge in [0.2, 0.25) is 0 Å². The largest absolute Gasteiger partial charge is 0.357 e. The molecule has 0 amide bonds. The average Bonchev–Trinajstić information content (AvgIpc) is 3.19. The van der Waals surface area contributed by atoms with E-state index < -0.39 is 0 Å². The second-order valence-electron chi connectivity index (χ2n) is 5.05. The highest BCUT2D eigenvalue weighted by Gasteiger charge is 2.20. The van der Waals surface area contributed by atoms with Crippen molar-refractivity contribution < 1.29 is 0 Å². The summed E-state index contributed by atoms with van der Waals surface area (Å²) >= 11 is 0. The molecule has 1 heterocycles. The van der Waals surface area contributed by atoms with E-state index in [0.29, 0.717) is 6.04 Å². The highest BCUT2D eigenvalue weighted by atomic mass is 15.2. The molecule has 1 atom stereocenters. The van der Waals surface area contributed by atoms with Crippen molar-refractivity contribution in [3.05, 3.63) is 23.9 Å². The molecule has 3 nitrogen and oxygen atoms in total. The van der Waals surface area contributed by atoms with Gasteiger partial charge in [0, 0.05) is 31.9 Å². The number of nitrogens with one attached hydrogen (secondary N) is 1. The molecule has 1 saturated carbocycles. The maximum atomic E-state index is 4.45. The minimum atomic E-state index is 0.536. The summed E-state index contributed by atoms with van der Waals surface area (Å²) in [6.07, 6.45) is 5.73. The summed E-state index contributed by atoms with van der Waals surface area (Å²) in [6.45, 7) is 5.41. The Balaban J connectivity index is 1.99. The number of rotatable bonds is 6. The normalized spacial score (nSPS) is 16.9. The maximum Gasteiger partial charge on any atom is 0.128 e. The van der Waals surface area contributed by atoms with Gasteiger partial charge in [-0.1, -0.05) is 6.92 Å². The molecule has 0 bridgehead atoms. The third-order valence-electron chi connectivity index (χ3n) is 3.60. The van der Waals surface area contributed by atoms with Crippen LogP contribution in [0.2, 0.25) is 0 Å². The molecular formula is C14H23N3. The van der Waals surface area contributed by atoms with Crippen LogP contribution < -0.4 is 10.2 Å². The molecule has 1 aromatic heterocycles. The van der Waals surface area contributed by atoms with Crippen molar-refractivity contribution in [3.63, 3.8) is 0 Å². The lowest BCUT2D eigenvalue weighted by molar-refractivity contribution is 0.653. The van der Waals surface area contributed by atoms with Gasteiger partial charge in [0.05, 0.1) is 0 Å². The van der Waals surface area contributed by atoms with E-state index in [1.807, 2.05) is 6.20 Å². The first-order chi connectivity index (χ1) is 8.20. The SMILES string of the molecule is CCC(C)N(C)c1cc(CNC2CC2)ccn1. The Hall–Kier alpha value is -1.09. The van der Waals surface area contributed by atoms with Crippen LogP contribution in [0, 0.1) is 0 Å². The Kier molecular flexibility index (Phi) is 4.00. The van der Waals surface area contributed by atoms with Crippen molar-refractivity contribution in [1.29, 1.82) is 0 Å². The second-order valence-corrected chi connectivity index (χ2v) is 5.05. The molecule has 1 unspecified atom stereocenters. The van der Waals surface area contributed by atoms with E-state index in [1.165, 1.54) is 18.4 Å². The van der Waals surface area contributed by atoms with E-state index in [0.717, 1.165) is 24.8 Å². The lowest BCUT2D eigenvalue weighted by Gasteiger charge is -2.25. The van der Waals surface area contributed by atoms with Crippen molar-refractivity contribution in [1.82, 2.24) is 10.3 Å². The van der Waals surface area contributed by atoms with Crippen molar-refractivity contribution in [2.75, 3.05) is 11.9 Å². The molecule has 2 rings (SSSR count). The fourth-order valence-corrected chi connectivity index (χ4v) is 1.81. The first-order valence-electron chi connectivity index (χ1n) is 6.62. The van der Waals surface area contributed by atoms with E-state index in [9.17, 15) is 0 Å². The molecule has 1 aliphatic rings. The lowest BCUT2D eigenvalue weighted by Crippen LogP contribution is -2.29. The maximum absolute atomic E-state index is 4.45. The minimum absolute atomic E-state index is 0.536. The fourth-order valence-electron chi connectivity index (χ4n) is 1.81. The van der Waals surface area contributed by atoms with Crippen LogP contribution in [0.4, 0.5) is 5.82 Å². The molecule has 17 heavy (non-hydrogen) atoms. The summed E-state index contributed by atoms with van der Waals surface area (Å²) in [6, 6.07) is 5.60. The summed E-state index contributed by atoms with van der Waals surface area (Å²) in [5.74, 6) is 1.08. The van der Waals surface area contributed by atoms with Crippen LogP contribution in [0.3, 0.4) is 0 Å². The van der Waals surface area contributed by atoms with Crippen LogP contribution in [0.15, 0.2) is 18.3 Å². The number of pyridine rings is 1. The monoisotopic (exact) mass is 233 g/mol. The van der Waals surface area contributed by atoms with Crippen molar-refractivity contribution in [2.24, 2.45) is 0 Å². The van der Waals surface area contributed by atoms with Gasteiger partial charge in [-0.2, -0.15) is 0 Å². The van der Waals surface area contributed by atoms with E-state index in [4.69, 9.17) is 0 Å². The Morgan fingerprint density at radius 2 is 2.29 bits per heavy atom. The van der Waals surface area contributed by atoms with Crippen molar-refractivity contribution in [3.8, 4) is 0 Å². The Labute approximate surface area is 104 Å². The fraction of sp³-hybridized carbons (Fsp3) is 0.643. The zero-order valence-electron chi connectivity index (χ0n) is 11.1. The molecule has 1 N–H and O–H groups in total. The highest BCUT2D eigenvalue weighted by molar-refractivity contribution is 5.41. The molecule has 0 spiro atoms. The summed E-state index contributed by atoms with van der Waals surface area (Å²) < 4.78 is 0. The number of aromatic nitrogens is 1. The van der Waals surface area contributed by atoms with E-state index in [1.54, 1.807) is 0 Å². The Morgan fingerprint density at radius 1 is 1.53 bits per heavy atom. The van der Waals surface area contributed by atoms with Crippen LogP contribution in [-0.4, -0.2) is 24.1 Å². The number of anilines is 1. The number of hydrogen-bond acceptors (Lipinski definition) is 3. The van der Waals surface area contributed by atoms with Gasteiger partial charge in [-0.05, 0) is 43.9 Å². The summed E-state index contributed by atoms with van der Waals surface area (Å²) in [7, 11) is 2.12. The molecule has 1 aromatic rings. The first kappa shape index (κ1) is 12.4. The molecule has 0 radical (unpaired) electrons. The summed E-state index contributed by atoms with van der Waals surface area (Å²) in [4.78, 5) is 6.70. The first-order valence-corrected chi connectivity index (χ1v) is 6.62. The van der Waals surface area contributed by atoms with E-state index in [2.05, 4.69) is 48.2 Å². The van der Waals surface area contributed by atoms with Crippen LogP contribution in [-0.2, 0) is 6.54 Å². The quantitative estimate of drug-likeness (QED) is 0.818. The molecule has 1 aliphatic carbocycles. The Morgan fingerprint density at radius 3 is 2.94 bits per heavy atom. The van der Waals surface area contributed by atoms with Gasteiger partial charge in [-0.25, -0.2) is 4.98 Å². The molecule has 94 valence electrons. The average molecular weight is 233 g/mol. The third-order valence-corrected chi connectivity index (χ3v) is 3.60. The highest BCUT2D eigenvalue weighted by Crippen LogP contribution is 2.20. The predicted octanol–water partition coefficient (Wildman–Crippen LogP) is 2.57. The van der Waals surface area contributed by atoms with Gasteiger partial charge in [0.15, 0.2) is 0 Å². The second kappa shape index (κ2) is 5.50. The topological polar surface area (TPSA) is 28.2 Å². The summed E-state index contributed by atoms with van der Waals surface area (Å²) in [5, 5.41) is 3.54. The standard InChI is InChI=1S/C14H23N3/c1-4-11(2)17(3)14-9-12(7-8-15-14)10-16-13-5-6-13/h7-9,11,13,16H,4-6,10H2,1-3H3. The van der Waals surface area contributed by atoms with Gasteiger partial charge in [0.25, 0.3) is 0 Å². The molecule has 0 aromatic carbocycles. The molecule has 3 heteroatoms. The van der Waals surface area contributed by atoms with Crippen LogP contribution in [0.5, 0.6) is 0 Å². The van der Waals surface area contributed by atoms with Gasteiger partial charge in [0.1, 0.15) is 5.82 Å². The zero-order chi connectivity index (χ0) is 12.3. The lowest BCUT2D eigenvalue weighted by atomic mass is 10.2. The molecule has 0 saturated heterocycles. The molecule has 1 fully saturated rings. The minimum Gasteiger partial charge on any atom is -0.357 e. The van der Waals surface area contributed by atoms with Crippen LogP contribution >= 0.6 is 0 Å². The van der Waals surface area contributed by atoms with E-state index >= 15 is 0 Å². The van der Waals surface area contributed by atoms with Crippen LogP contribution in [0.1, 0.15) is 38.7 Å². The third kappa shape index (κ3) is 3.43. The van der Waals surface area contributed by atoms with E-state index in [-0.39, 0.29) is 0 Å². The van der Waals surface area contributed by atoms with Gasteiger partial charge in [-0.15, -0.1) is 0 Å². The summed E-state index contributed by atoms with van der Waals surface area (Å²) in [5.41, 5.74) is 1.33.